The minimum Gasteiger partial charge on any atom is -0.248 e. The molecule has 0 atom stereocenters. The highest BCUT2D eigenvalue weighted by atomic mass is 15.4. The molecule has 0 saturated carbocycles. The Balaban J connectivity index is 2.22. The second-order valence-corrected chi connectivity index (χ2v) is 3.75. The molecule has 0 aliphatic carbocycles. The minimum atomic E-state index is 0.115. The molecule has 3 rings (SSSR count). The lowest BCUT2D eigenvalue weighted by Crippen LogP contribution is -2.04. The lowest BCUT2D eigenvalue weighted by Gasteiger charge is -2.05. The average Bonchev–Trinajstić information content (AvgIpc) is 2.86. The molecule has 18 heavy (non-hydrogen) atoms. The standard InChI is InChI=1S/C12H8N6/c1-8-12(18-7-14-11(6-13)17-18)16-10-5-3-2-4-9(10)15-8/h2-5,7H,1H3. The van der Waals surface area contributed by atoms with Crippen molar-refractivity contribution in [3.8, 4) is 11.9 Å². The molecule has 0 radical (unpaired) electrons. The molecule has 0 amide bonds. The number of hydrogen-bond donors (Lipinski definition) is 0. The molecule has 2 aromatic heterocycles. The van der Waals surface area contributed by atoms with Crippen molar-refractivity contribution in [2.75, 3.05) is 0 Å². The predicted molar refractivity (Wildman–Crippen MR) is 63.9 cm³/mol. The maximum absolute atomic E-state index is 8.71. The van der Waals surface area contributed by atoms with E-state index in [1.807, 2.05) is 37.3 Å². The maximum atomic E-state index is 8.71. The van der Waals surface area contributed by atoms with Gasteiger partial charge in [0, 0.05) is 0 Å². The van der Waals surface area contributed by atoms with E-state index in [2.05, 4.69) is 20.1 Å². The fraction of sp³-hybridized carbons (Fsp3) is 0.0833. The van der Waals surface area contributed by atoms with Crippen LogP contribution in [0, 0.1) is 18.3 Å². The van der Waals surface area contributed by atoms with Gasteiger partial charge in [-0.3, -0.25) is 0 Å². The van der Waals surface area contributed by atoms with E-state index in [0.717, 1.165) is 16.7 Å². The molecule has 0 N–H and O–H groups in total. The molecule has 1 aromatic carbocycles. The number of para-hydroxylation sites is 2. The van der Waals surface area contributed by atoms with Crippen LogP contribution < -0.4 is 0 Å². The van der Waals surface area contributed by atoms with Crippen molar-refractivity contribution in [2.24, 2.45) is 0 Å². The molecule has 0 aliphatic rings. The Hall–Kier alpha value is -2.81. The molecule has 6 heteroatoms. The minimum absolute atomic E-state index is 0.115. The van der Waals surface area contributed by atoms with Crippen LogP contribution in [0.2, 0.25) is 0 Å². The lowest BCUT2D eigenvalue weighted by atomic mass is 10.3. The van der Waals surface area contributed by atoms with E-state index in [1.165, 1.54) is 11.0 Å². The van der Waals surface area contributed by atoms with Crippen LogP contribution in [-0.2, 0) is 0 Å². The van der Waals surface area contributed by atoms with Gasteiger partial charge >= 0.3 is 0 Å². The van der Waals surface area contributed by atoms with Crippen molar-refractivity contribution in [1.29, 1.82) is 5.26 Å². The molecule has 3 aromatic rings. The van der Waals surface area contributed by atoms with Crippen LogP contribution in [0.5, 0.6) is 0 Å². The zero-order chi connectivity index (χ0) is 12.5. The van der Waals surface area contributed by atoms with Crippen LogP contribution in [0.15, 0.2) is 30.6 Å². The van der Waals surface area contributed by atoms with Gasteiger partial charge in [-0.25, -0.2) is 15.0 Å². The van der Waals surface area contributed by atoms with E-state index in [-0.39, 0.29) is 5.82 Å². The van der Waals surface area contributed by atoms with Gasteiger partial charge in [0.1, 0.15) is 12.4 Å². The van der Waals surface area contributed by atoms with Crippen molar-refractivity contribution >= 4 is 11.0 Å². The molecule has 0 spiro atoms. The highest BCUT2D eigenvalue weighted by Gasteiger charge is 2.09. The SMILES string of the molecule is Cc1nc2ccccc2nc1-n1cnc(C#N)n1. The van der Waals surface area contributed by atoms with Gasteiger partial charge < -0.3 is 0 Å². The molecule has 6 nitrogen and oxygen atoms in total. The molecule has 86 valence electrons. The molecule has 0 unspecified atom stereocenters. The second-order valence-electron chi connectivity index (χ2n) is 3.75. The summed E-state index contributed by atoms with van der Waals surface area (Å²) in [5, 5.41) is 12.7. The summed E-state index contributed by atoms with van der Waals surface area (Å²) in [6.45, 7) is 1.85. The van der Waals surface area contributed by atoms with Gasteiger partial charge in [0.05, 0.1) is 16.7 Å². The Morgan fingerprint density at radius 1 is 1.17 bits per heavy atom. The van der Waals surface area contributed by atoms with Gasteiger partial charge in [0.15, 0.2) is 5.82 Å². The van der Waals surface area contributed by atoms with Gasteiger partial charge in [0.2, 0.25) is 0 Å². The third kappa shape index (κ3) is 1.58. The first-order valence-corrected chi connectivity index (χ1v) is 5.33. The Morgan fingerprint density at radius 2 is 1.89 bits per heavy atom. The van der Waals surface area contributed by atoms with E-state index in [0.29, 0.717) is 5.82 Å². The third-order valence-corrected chi connectivity index (χ3v) is 2.53. The highest BCUT2D eigenvalue weighted by Crippen LogP contribution is 2.14. The van der Waals surface area contributed by atoms with Gasteiger partial charge in [-0.05, 0) is 19.1 Å². The number of hydrogen-bond acceptors (Lipinski definition) is 5. The quantitative estimate of drug-likeness (QED) is 0.637. The normalized spacial score (nSPS) is 10.4. The lowest BCUT2D eigenvalue weighted by molar-refractivity contribution is 0.827. The summed E-state index contributed by atoms with van der Waals surface area (Å²) >= 11 is 0. The number of fused-ring (bicyclic) bond motifs is 1. The molecular weight excluding hydrogens is 228 g/mol. The van der Waals surface area contributed by atoms with Crippen molar-refractivity contribution in [3.05, 3.63) is 42.1 Å². The van der Waals surface area contributed by atoms with Crippen LogP contribution >= 0.6 is 0 Å². The number of rotatable bonds is 1. The van der Waals surface area contributed by atoms with Gasteiger partial charge in [0.25, 0.3) is 5.82 Å². The summed E-state index contributed by atoms with van der Waals surface area (Å²) in [5.41, 5.74) is 2.36. The van der Waals surface area contributed by atoms with Gasteiger partial charge in [-0.2, -0.15) is 9.94 Å². The number of nitriles is 1. The second kappa shape index (κ2) is 3.89. The summed E-state index contributed by atoms with van der Waals surface area (Å²) in [6, 6.07) is 9.49. The van der Waals surface area contributed by atoms with Crippen molar-refractivity contribution in [3.63, 3.8) is 0 Å². The largest absolute Gasteiger partial charge is 0.252 e. The van der Waals surface area contributed by atoms with Crippen LogP contribution in [0.25, 0.3) is 16.9 Å². The first kappa shape index (κ1) is 10.4. The molecule has 2 heterocycles. The topological polar surface area (TPSA) is 80.3 Å². The van der Waals surface area contributed by atoms with E-state index < -0.39 is 0 Å². The fourth-order valence-electron chi connectivity index (χ4n) is 1.71. The van der Waals surface area contributed by atoms with Crippen molar-refractivity contribution < 1.29 is 0 Å². The van der Waals surface area contributed by atoms with Crippen molar-refractivity contribution in [1.82, 2.24) is 24.7 Å². The van der Waals surface area contributed by atoms with E-state index in [9.17, 15) is 0 Å². The number of aromatic nitrogens is 5. The summed E-state index contributed by atoms with van der Waals surface area (Å²) in [5.74, 6) is 0.701. The number of nitrogens with zero attached hydrogens (tertiary/aromatic N) is 6. The summed E-state index contributed by atoms with van der Waals surface area (Å²) < 4.78 is 1.47. The molecule has 0 bridgehead atoms. The molecular formula is C12H8N6. The molecule has 0 aliphatic heterocycles. The monoisotopic (exact) mass is 236 g/mol. The van der Waals surface area contributed by atoms with Crippen LogP contribution in [0.3, 0.4) is 0 Å². The Labute approximate surface area is 103 Å². The maximum Gasteiger partial charge on any atom is 0.252 e. The smallest absolute Gasteiger partial charge is 0.248 e. The van der Waals surface area contributed by atoms with Crippen molar-refractivity contribution in [2.45, 2.75) is 6.92 Å². The Kier molecular flexibility index (Phi) is 2.24. The molecule has 0 saturated heterocycles. The van der Waals surface area contributed by atoms with Crippen LogP contribution in [0.1, 0.15) is 11.5 Å². The van der Waals surface area contributed by atoms with Crippen LogP contribution in [0.4, 0.5) is 0 Å². The zero-order valence-corrected chi connectivity index (χ0v) is 9.57. The third-order valence-electron chi connectivity index (χ3n) is 2.53. The first-order valence-electron chi connectivity index (χ1n) is 5.33. The number of aryl methyl sites for hydroxylation is 1. The first-order chi connectivity index (χ1) is 8.78. The van der Waals surface area contributed by atoms with Gasteiger partial charge in [-0.1, -0.05) is 12.1 Å². The average molecular weight is 236 g/mol. The Morgan fingerprint density at radius 3 is 2.56 bits per heavy atom. The highest BCUT2D eigenvalue weighted by molar-refractivity contribution is 5.75. The van der Waals surface area contributed by atoms with E-state index in [1.54, 1.807) is 0 Å². The molecule has 0 fully saturated rings. The Bertz CT molecular complexity index is 768. The summed E-state index contributed by atoms with van der Waals surface area (Å²) in [6.07, 6.45) is 1.46. The van der Waals surface area contributed by atoms with Gasteiger partial charge in [-0.15, -0.1) is 5.10 Å². The zero-order valence-electron chi connectivity index (χ0n) is 9.57. The van der Waals surface area contributed by atoms with E-state index >= 15 is 0 Å². The predicted octanol–water partition coefficient (Wildman–Crippen LogP) is 1.39. The number of benzene rings is 1. The fourth-order valence-corrected chi connectivity index (χ4v) is 1.71. The van der Waals surface area contributed by atoms with E-state index in [4.69, 9.17) is 5.26 Å². The van der Waals surface area contributed by atoms with Crippen LogP contribution in [-0.4, -0.2) is 24.7 Å². The summed E-state index contributed by atoms with van der Waals surface area (Å²) in [7, 11) is 0. The summed E-state index contributed by atoms with van der Waals surface area (Å²) in [4.78, 5) is 12.8.